The van der Waals surface area contributed by atoms with Crippen LogP contribution in [0.2, 0.25) is 0 Å². The number of nitrogens with one attached hydrogen (secondary N) is 1. The second kappa shape index (κ2) is 7.18. The van der Waals surface area contributed by atoms with Crippen molar-refractivity contribution >= 4 is 19.2 Å². The summed E-state index contributed by atoms with van der Waals surface area (Å²) in [5, 5.41) is 12.5. The Morgan fingerprint density at radius 1 is 1.15 bits per heavy atom. The number of hydrogen-bond acceptors (Lipinski definition) is 4. The topological polar surface area (TPSA) is 67.8 Å². The van der Waals surface area contributed by atoms with Gasteiger partial charge in [-0.25, -0.2) is 0 Å². The Bertz CT molecular complexity index is 676. The molecule has 1 aromatic rings. The molecule has 0 radical (unpaired) electrons. The van der Waals surface area contributed by atoms with Gasteiger partial charge in [-0.15, -0.1) is 0 Å². The van der Waals surface area contributed by atoms with E-state index in [0.29, 0.717) is 6.54 Å². The molecule has 6 heteroatoms. The molecule has 142 valence electrons. The van der Waals surface area contributed by atoms with Gasteiger partial charge in [0.25, 0.3) is 0 Å². The van der Waals surface area contributed by atoms with E-state index in [9.17, 15) is 9.90 Å². The zero-order valence-corrected chi connectivity index (χ0v) is 16.8. The highest BCUT2D eigenvalue weighted by Gasteiger charge is 2.52. The monoisotopic (exact) mass is 359 g/mol. The molecule has 0 unspecified atom stereocenters. The van der Waals surface area contributed by atoms with Crippen LogP contribution >= 0.6 is 0 Å². The van der Waals surface area contributed by atoms with Crippen LogP contribution in [0.5, 0.6) is 0 Å². The van der Waals surface area contributed by atoms with E-state index in [1.165, 1.54) is 0 Å². The number of hydrogen-bond donors (Lipinski definition) is 2. The van der Waals surface area contributed by atoms with Crippen LogP contribution in [0.1, 0.15) is 52.7 Å². The Morgan fingerprint density at radius 3 is 2.08 bits per heavy atom. The second-order valence-corrected chi connectivity index (χ2v) is 8.39. The molecule has 1 aromatic carbocycles. The Hall–Kier alpha value is -1.63. The quantitative estimate of drug-likeness (QED) is 0.763. The molecular formula is C20H30BNO4. The molecule has 2 N–H and O–H groups in total. The SMILES string of the molecule is CNCC(=Cc1ccc(C(C)(C)C(=O)O)cc1)B1OC(C)(C)C(C)(C)O1. The lowest BCUT2D eigenvalue weighted by Crippen LogP contribution is -2.41. The van der Waals surface area contributed by atoms with Crippen molar-refractivity contribution in [3.05, 3.63) is 40.9 Å². The lowest BCUT2D eigenvalue weighted by molar-refractivity contribution is -0.142. The Kier molecular flexibility index (Phi) is 5.71. The van der Waals surface area contributed by atoms with Crippen LogP contribution in [0.4, 0.5) is 0 Å². The fourth-order valence-corrected chi connectivity index (χ4v) is 2.73. The number of carboxylic acids is 1. The predicted molar refractivity (Wildman–Crippen MR) is 105 cm³/mol. The second-order valence-electron chi connectivity index (χ2n) is 8.39. The first kappa shape index (κ1) is 20.7. The van der Waals surface area contributed by atoms with E-state index < -0.39 is 18.5 Å². The smallest absolute Gasteiger partial charge is 0.481 e. The van der Waals surface area contributed by atoms with Crippen LogP contribution in [0.3, 0.4) is 0 Å². The summed E-state index contributed by atoms with van der Waals surface area (Å²) in [6, 6.07) is 7.59. The van der Waals surface area contributed by atoms with Gasteiger partial charge < -0.3 is 19.7 Å². The van der Waals surface area contributed by atoms with Crippen LogP contribution < -0.4 is 5.32 Å². The van der Waals surface area contributed by atoms with E-state index in [0.717, 1.165) is 16.6 Å². The molecular weight excluding hydrogens is 329 g/mol. The number of likely N-dealkylation sites (N-methyl/N-ethyl adjacent to an activating group) is 1. The summed E-state index contributed by atoms with van der Waals surface area (Å²) >= 11 is 0. The van der Waals surface area contributed by atoms with Crippen LogP contribution in [-0.2, 0) is 19.5 Å². The van der Waals surface area contributed by atoms with Gasteiger partial charge in [-0.05, 0) is 65.2 Å². The highest BCUT2D eigenvalue weighted by Crippen LogP contribution is 2.38. The van der Waals surface area contributed by atoms with Gasteiger partial charge in [0.1, 0.15) is 0 Å². The first-order valence-corrected chi connectivity index (χ1v) is 8.95. The van der Waals surface area contributed by atoms with Crippen LogP contribution in [0.15, 0.2) is 29.7 Å². The molecule has 1 saturated heterocycles. The molecule has 1 aliphatic heterocycles. The van der Waals surface area contributed by atoms with Crippen molar-refractivity contribution < 1.29 is 19.2 Å². The summed E-state index contributed by atoms with van der Waals surface area (Å²) in [6.07, 6.45) is 2.04. The minimum atomic E-state index is -0.915. The van der Waals surface area contributed by atoms with Crippen molar-refractivity contribution in [1.29, 1.82) is 0 Å². The Morgan fingerprint density at radius 2 is 1.65 bits per heavy atom. The van der Waals surface area contributed by atoms with Gasteiger partial charge >= 0.3 is 13.1 Å². The van der Waals surface area contributed by atoms with E-state index >= 15 is 0 Å². The van der Waals surface area contributed by atoms with Crippen molar-refractivity contribution in [3.63, 3.8) is 0 Å². The fraction of sp³-hybridized carbons (Fsp3) is 0.550. The maximum atomic E-state index is 11.4. The molecule has 1 heterocycles. The van der Waals surface area contributed by atoms with E-state index in [1.54, 1.807) is 13.8 Å². The molecule has 0 atom stereocenters. The largest absolute Gasteiger partial charge is 0.491 e. The highest BCUT2D eigenvalue weighted by molar-refractivity contribution is 6.55. The van der Waals surface area contributed by atoms with Gasteiger partial charge in [-0.2, -0.15) is 0 Å². The van der Waals surface area contributed by atoms with Gasteiger partial charge in [-0.1, -0.05) is 30.3 Å². The summed E-state index contributed by atoms with van der Waals surface area (Å²) < 4.78 is 12.3. The molecule has 2 rings (SSSR count). The number of benzene rings is 1. The molecule has 0 spiro atoms. The number of carboxylic acid groups (broad SMARTS) is 1. The standard InChI is InChI=1S/C20H30BNO4/c1-18(2,17(23)24)15-10-8-14(9-11-15)12-16(13-22-7)21-25-19(3,4)20(5,6)26-21/h8-12,22H,13H2,1-7H3,(H,23,24). The number of rotatable bonds is 6. The minimum Gasteiger partial charge on any atom is -0.481 e. The van der Waals surface area contributed by atoms with Gasteiger partial charge in [0.05, 0.1) is 16.6 Å². The molecule has 26 heavy (non-hydrogen) atoms. The lowest BCUT2D eigenvalue weighted by Gasteiger charge is -2.32. The van der Waals surface area contributed by atoms with Crippen molar-refractivity contribution in [2.45, 2.75) is 58.2 Å². The molecule has 0 saturated carbocycles. The van der Waals surface area contributed by atoms with E-state index in [-0.39, 0.29) is 11.2 Å². The van der Waals surface area contributed by atoms with E-state index in [1.807, 2.05) is 65.1 Å². The molecule has 1 fully saturated rings. The molecule has 5 nitrogen and oxygen atoms in total. The Labute approximate surface area is 156 Å². The van der Waals surface area contributed by atoms with Crippen molar-refractivity contribution in [1.82, 2.24) is 5.32 Å². The number of carbonyl (C=O) groups is 1. The Balaban J connectivity index is 2.28. The average molecular weight is 359 g/mol. The zero-order chi connectivity index (χ0) is 19.8. The van der Waals surface area contributed by atoms with Gasteiger partial charge in [-0.3, -0.25) is 4.79 Å². The molecule has 0 aliphatic carbocycles. The van der Waals surface area contributed by atoms with Gasteiger partial charge in [0.2, 0.25) is 0 Å². The molecule has 0 bridgehead atoms. The van der Waals surface area contributed by atoms with Crippen molar-refractivity contribution in [2.24, 2.45) is 0 Å². The van der Waals surface area contributed by atoms with E-state index in [4.69, 9.17) is 9.31 Å². The molecule has 0 aromatic heterocycles. The van der Waals surface area contributed by atoms with Crippen LogP contribution in [0, 0.1) is 0 Å². The summed E-state index contributed by atoms with van der Waals surface area (Å²) in [6.45, 7) is 12.2. The predicted octanol–water partition coefficient (Wildman–Crippen LogP) is 3.28. The fourth-order valence-electron chi connectivity index (χ4n) is 2.73. The lowest BCUT2D eigenvalue weighted by atomic mass is 9.76. The summed E-state index contributed by atoms with van der Waals surface area (Å²) in [5.41, 5.74) is 1.06. The minimum absolute atomic E-state index is 0.389. The summed E-state index contributed by atoms with van der Waals surface area (Å²) in [7, 11) is 1.47. The van der Waals surface area contributed by atoms with Crippen molar-refractivity contribution in [2.75, 3.05) is 13.6 Å². The first-order valence-electron chi connectivity index (χ1n) is 8.95. The summed E-state index contributed by atoms with van der Waals surface area (Å²) in [4.78, 5) is 11.4. The molecule has 0 amide bonds. The van der Waals surface area contributed by atoms with Crippen molar-refractivity contribution in [3.8, 4) is 0 Å². The average Bonchev–Trinajstić information content (AvgIpc) is 2.75. The summed E-state index contributed by atoms with van der Waals surface area (Å²) in [5.74, 6) is -0.839. The van der Waals surface area contributed by atoms with Gasteiger partial charge in [0.15, 0.2) is 0 Å². The third kappa shape index (κ3) is 4.03. The van der Waals surface area contributed by atoms with E-state index in [2.05, 4.69) is 5.32 Å². The van der Waals surface area contributed by atoms with Gasteiger partial charge in [0, 0.05) is 6.54 Å². The highest BCUT2D eigenvalue weighted by atomic mass is 16.7. The molecule has 1 aliphatic rings. The first-order chi connectivity index (χ1) is 11.9. The third-order valence-electron chi connectivity index (χ3n) is 5.46. The normalized spacial score (nSPS) is 19.7. The number of aliphatic carboxylic acids is 1. The van der Waals surface area contributed by atoms with Crippen LogP contribution in [0.25, 0.3) is 6.08 Å². The maximum absolute atomic E-state index is 11.4. The zero-order valence-electron chi connectivity index (χ0n) is 16.8. The maximum Gasteiger partial charge on any atom is 0.491 e. The third-order valence-corrected chi connectivity index (χ3v) is 5.46. The van der Waals surface area contributed by atoms with Crippen LogP contribution in [-0.4, -0.2) is 43.0 Å².